The van der Waals surface area contributed by atoms with E-state index in [1.165, 1.54) is 21.6 Å². The molecule has 0 aliphatic carbocycles. The van der Waals surface area contributed by atoms with Crippen LogP contribution in [-0.4, -0.2) is 10.8 Å². The molecule has 2 N–H and O–H groups in total. The number of benzene rings is 1. The molecule has 1 aliphatic rings. The molecule has 0 radical (unpaired) electrons. The molecule has 0 atom stereocenters. The van der Waals surface area contributed by atoms with Gasteiger partial charge in [-0.15, -0.1) is 11.3 Å². The Kier molecular flexibility index (Phi) is 2.82. The van der Waals surface area contributed by atoms with Crippen molar-refractivity contribution in [2.75, 3.05) is 5.73 Å². The van der Waals surface area contributed by atoms with Gasteiger partial charge in [-0.2, -0.15) is 0 Å². The lowest BCUT2D eigenvalue weighted by atomic mass is 10.1. The van der Waals surface area contributed by atoms with Gasteiger partial charge in [0, 0.05) is 23.7 Å². The fourth-order valence-corrected chi connectivity index (χ4v) is 3.39. The summed E-state index contributed by atoms with van der Waals surface area (Å²) in [5.41, 5.74) is 10.1. The highest BCUT2D eigenvalue weighted by Gasteiger charge is 2.25. The molecule has 0 bridgehead atoms. The first-order chi connectivity index (χ1) is 9.04. The van der Waals surface area contributed by atoms with Crippen molar-refractivity contribution in [3.8, 4) is 0 Å². The lowest BCUT2D eigenvalue weighted by Crippen LogP contribution is -2.24. The second-order valence-electron chi connectivity index (χ2n) is 5.04. The maximum absolute atomic E-state index is 12.5. The van der Waals surface area contributed by atoms with Crippen LogP contribution in [0.15, 0.2) is 24.3 Å². The summed E-state index contributed by atoms with van der Waals surface area (Å²) in [5.74, 6) is 0.121. The Labute approximate surface area is 116 Å². The predicted octanol–water partition coefficient (Wildman–Crippen LogP) is 3.10. The minimum absolute atomic E-state index is 0.121. The van der Waals surface area contributed by atoms with Crippen LogP contribution >= 0.6 is 11.3 Å². The molecule has 0 fully saturated rings. The molecule has 1 amide bonds. The summed E-state index contributed by atoms with van der Waals surface area (Å²) >= 11 is 1.58. The minimum Gasteiger partial charge on any atom is -0.399 e. The number of carbonyl (C=O) groups is 1. The van der Waals surface area contributed by atoms with Crippen LogP contribution in [0.25, 0.3) is 0 Å². The number of carbonyl (C=O) groups excluding carboxylic acids is 1. The highest BCUT2D eigenvalue weighted by atomic mass is 32.1. The molecule has 0 saturated heterocycles. The number of nitrogens with zero attached hydrogens (tertiary/aromatic N) is 1. The number of hydrogen-bond donors (Lipinski definition) is 1. The van der Waals surface area contributed by atoms with Crippen LogP contribution in [0.5, 0.6) is 0 Å². The zero-order chi connectivity index (χ0) is 13.6. The summed E-state index contributed by atoms with van der Waals surface area (Å²) in [7, 11) is 0. The SMILES string of the molecule is Cc1cc(C(=O)N2Cc3ccc(N)cc3C2)sc1C. The second-order valence-corrected chi connectivity index (χ2v) is 6.30. The average molecular weight is 272 g/mol. The smallest absolute Gasteiger partial charge is 0.264 e. The minimum atomic E-state index is 0.121. The molecule has 1 aromatic heterocycles. The van der Waals surface area contributed by atoms with Crippen molar-refractivity contribution in [2.45, 2.75) is 26.9 Å². The third kappa shape index (κ3) is 2.12. The Balaban J connectivity index is 1.84. The molecular formula is C15H16N2OS. The zero-order valence-corrected chi connectivity index (χ0v) is 11.9. The van der Waals surface area contributed by atoms with E-state index in [4.69, 9.17) is 5.73 Å². The normalized spacial score (nSPS) is 13.7. The Hall–Kier alpha value is -1.81. The Morgan fingerprint density at radius 2 is 1.95 bits per heavy atom. The molecular weight excluding hydrogens is 256 g/mol. The van der Waals surface area contributed by atoms with Gasteiger partial charge in [-0.3, -0.25) is 4.79 Å². The number of rotatable bonds is 1. The number of hydrogen-bond acceptors (Lipinski definition) is 3. The summed E-state index contributed by atoms with van der Waals surface area (Å²) in [5, 5.41) is 0. The molecule has 3 rings (SSSR count). The van der Waals surface area contributed by atoms with Gasteiger partial charge in [0.15, 0.2) is 0 Å². The molecule has 0 spiro atoms. The van der Waals surface area contributed by atoms with Crippen LogP contribution < -0.4 is 5.73 Å². The van der Waals surface area contributed by atoms with Crippen molar-refractivity contribution in [1.82, 2.24) is 4.90 Å². The maximum Gasteiger partial charge on any atom is 0.264 e. The largest absolute Gasteiger partial charge is 0.399 e. The van der Waals surface area contributed by atoms with Gasteiger partial charge < -0.3 is 10.6 Å². The summed E-state index contributed by atoms with van der Waals surface area (Å²) in [6.45, 7) is 5.44. The van der Waals surface area contributed by atoms with Gasteiger partial charge in [-0.1, -0.05) is 6.07 Å². The quantitative estimate of drug-likeness (QED) is 0.811. The summed E-state index contributed by atoms with van der Waals surface area (Å²) in [6, 6.07) is 7.86. The number of aryl methyl sites for hydroxylation is 2. The van der Waals surface area contributed by atoms with Crippen LogP contribution in [0.2, 0.25) is 0 Å². The van der Waals surface area contributed by atoms with E-state index in [0.29, 0.717) is 13.1 Å². The fourth-order valence-electron chi connectivity index (χ4n) is 2.39. The molecule has 0 saturated carbocycles. The van der Waals surface area contributed by atoms with Gasteiger partial charge in [-0.25, -0.2) is 0 Å². The monoisotopic (exact) mass is 272 g/mol. The summed E-state index contributed by atoms with van der Waals surface area (Å²) in [4.78, 5) is 16.4. The van der Waals surface area contributed by atoms with Crippen molar-refractivity contribution < 1.29 is 4.79 Å². The molecule has 2 heterocycles. The number of anilines is 1. The van der Waals surface area contributed by atoms with Crippen LogP contribution in [-0.2, 0) is 13.1 Å². The van der Waals surface area contributed by atoms with Crippen LogP contribution in [0, 0.1) is 13.8 Å². The van der Waals surface area contributed by atoms with E-state index in [-0.39, 0.29) is 5.91 Å². The first-order valence-electron chi connectivity index (χ1n) is 6.28. The van der Waals surface area contributed by atoms with Crippen molar-refractivity contribution >= 4 is 22.9 Å². The Morgan fingerprint density at radius 1 is 1.21 bits per heavy atom. The van der Waals surface area contributed by atoms with Crippen molar-refractivity contribution in [2.24, 2.45) is 0 Å². The Morgan fingerprint density at radius 3 is 2.63 bits per heavy atom. The van der Waals surface area contributed by atoms with Crippen molar-refractivity contribution in [3.05, 3.63) is 50.7 Å². The highest BCUT2D eigenvalue weighted by molar-refractivity contribution is 7.14. The summed E-state index contributed by atoms with van der Waals surface area (Å²) < 4.78 is 0. The standard InChI is InChI=1S/C15H16N2OS/c1-9-5-14(19-10(9)2)15(18)17-7-11-3-4-13(16)6-12(11)8-17/h3-6H,7-8,16H2,1-2H3. The van der Waals surface area contributed by atoms with Gasteiger partial charge in [0.2, 0.25) is 0 Å². The zero-order valence-electron chi connectivity index (χ0n) is 11.1. The topological polar surface area (TPSA) is 46.3 Å². The maximum atomic E-state index is 12.5. The Bertz CT molecular complexity index is 641. The van der Waals surface area contributed by atoms with Gasteiger partial charge >= 0.3 is 0 Å². The summed E-state index contributed by atoms with van der Waals surface area (Å²) in [6.07, 6.45) is 0. The molecule has 1 aliphatic heterocycles. The predicted molar refractivity (Wildman–Crippen MR) is 78.2 cm³/mol. The van der Waals surface area contributed by atoms with Gasteiger partial charge in [0.25, 0.3) is 5.91 Å². The van der Waals surface area contributed by atoms with Gasteiger partial charge in [0.1, 0.15) is 0 Å². The average Bonchev–Trinajstić information content (AvgIpc) is 2.92. The lowest BCUT2D eigenvalue weighted by Gasteiger charge is -2.13. The molecule has 4 heteroatoms. The van der Waals surface area contributed by atoms with E-state index in [1.807, 2.05) is 36.1 Å². The highest BCUT2D eigenvalue weighted by Crippen LogP contribution is 2.28. The molecule has 1 aromatic carbocycles. The van der Waals surface area contributed by atoms with Crippen molar-refractivity contribution in [3.63, 3.8) is 0 Å². The van der Waals surface area contributed by atoms with Gasteiger partial charge in [-0.05, 0) is 48.7 Å². The van der Waals surface area contributed by atoms with Crippen molar-refractivity contribution in [1.29, 1.82) is 0 Å². The van der Waals surface area contributed by atoms with E-state index in [2.05, 4.69) is 6.92 Å². The van der Waals surface area contributed by atoms with E-state index in [9.17, 15) is 4.79 Å². The second kappa shape index (κ2) is 4.38. The van der Waals surface area contributed by atoms with E-state index in [0.717, 1.165) is 10.6 Å². The van der Waals surface area contributed by atoms with Gasteiger partial charge in [0.05, 0.1) is 4.88 Å². The number of fused-ring (bicyclic) bond motifs is 1. The number of nitrogen functional groups attached to an aromatic ring is 1. The molecule has 98 valence electrons. The third-order valence-electron chi connectivity index (χ3n) is 3.62. The first kappa shape index (κ1) is 12.2. The third-order valence-corrected chi connectivity index (χ3v) is 4.76. The molecule has 2 aromatic rings. The number of nitrogens with two attached hydrogens (primary N) is 1. The number of amides is 1. The van der Waals surface area contributed by atoms with Crippen LogP contribution in [0.3, 0.4) is 0 Å². The van der Waals surface area contributed by atoms with E-state index in [1.54, 1.807) is 11.3 Å². The molecule has 0 unspecified atom stereocenters. The van der Waals surface area contributed by atoms with E-state index >= 15 is 0 Å². The van der Waals surface area contributed by atoms with Crippen LogP contribution in [0.1, 0.15) is 31.2 Å². The van der Waals surface area contributed by atoms with Crippen LogP contribution in [0.4, 0.5) is 5.69 Å². The van der Waals surface area contributed by atoms with E-state index < -0.39 is 0 Å². The lowest BCUT2D eigenvalue weighted by molar-refractivity contribution is 0.0756. The fraction of sp³-hybridized carbons (Fsp3) is 0.267. The first-order valence-corrected chi connectivity index (χ1v) is 7.10. The molecule has 3 nitrogen and oxygen atoms in total. The molecule has 19 heavy (non-hydrogen) atoms. The number of thiophene rings is 1.